The molecule has 0 bridgehead atoms. The predicted molar refractivity (Wildman–Crippen MR) is 102 cm³/mol. The molecular weight excluding hydrogens is 330 g/mol. The smallest absolute Gasteiger partial charge is 0.224 e. The Morgan fingerprint density at radius 1 is 0.962 bits per heavy atom. The first-order valence-corrected chi connectivity index (χ1v) is 8.67. The number of benzene rings is 2. The first-order valence-electron chi connectivity index (χ1n) is 8.67. The summed E-state index contributed by atoms with van der Waals surface area (Å²) < 4.78 is 15.9. The first kappa shape index (κ1) is 19.6. The van der Waals surface area contributed by atoms with E-state index in [0.717, 1.165) is 28.9 Å². The molecule has 2 aromatic rings. The molecule has 1 atom stereocenters. The minimum atomic E-state index is -0.0818. The number of nitrogens with one attached hydrogen (secondary N) is 1. The quantitative estimate of drug-likeness (QED) is 0.780. The average molecular weight is 357 g/mol. The molecule has 140 valence electrons. The average Bonchev–Trinajstić information content (AvgIpc) is 2.65. The highest BCUT2D eigenvalue weighted by Crippen LogP contribution is 2.31. The normalized spacial score (nSPS) is 11.6. The van der Waals surface area contributed by atoms with Gasteiger partial charge in [0.05, 0.1) is 33.8 Å². The van der Waals surface area contributed by atoms with Crippen LogP contribution in [0.15, 0.2) is 36.4 Å². The van der Waals surface area contributed by atoms with Gasteiger partial charge in [-0.2, -0.15) is 0 Å². The van der Waals surface area contributed by atoms with Gasteiger partial charge in [-0.3, -0.25) is 4.79 Å². The van der Waals surface area contributed by atoms with Gasteiger partial charge in [0.25, 0.3) is 0 Å². The van der Waals surface area contributed by atoms with Crippen LogP contribution in [0.1, 0.15) is 36.1 Å². The van der Waals surface area contributed by atoms with E-state index in [1.54, 1.807) is 21.3 Å². The van der Waals surface area contributed by atoms with E-state index in [-0.39, 0.29) is 11.9 Å². The van der Waals surface area contributed by atoms with Crippen LogP contribution >= 0.6 is 0 Å². The highest BCUT2D eigenvalue weighted by Gasteiger charge is 2.16. The van der Waals surface area contributed by atoms with Crippen molar-refractivity contribution in [3.8, 4) is 17.2 Å². The lowest BCUT2D eigenvalue weighted by Gasteiger charge is -2.19. The largest absolute Gasteiger partial charge is 0.496 e. The fourth-order valence-electron chi connectivity index (χ4n) is 2.97. The van der Waals surface area contributed by atoms with Crippen molar-refractivity contribution in [1.29, 1.82) is 0 Å². The van der Waals surface area contributed by atoms with E-state index in [2.05, 4.69) is 5.32 Å². The van der Waals surface area contributed by atoms with E-state index in [0.29, 0.717) is 17.9 Å². The van der Waals surface area contributed by atoms with Gasteiger partial charge in [-0.05, 0) is 48.2 Å². The van der Waals surface area contributed by atoms with Gasteiger partial charge in [-0.1, -0.05) is 25.1 Å². The molecule has 0 aromatic heterocycles. The van der Waals surface area contributed by atoms with Crippen molar-refractivity contribution >= 4 is 5.91 Å². The second-order valence-corrected chi connectivity index (χ2v) is 6.12. The van der Waals surface area contributed by atoms with E-state index in [9.17, 15) is 4.79 Å². The van der Waals surface area contributed by atoms with Gasteiger partial charge in [-0.25, -0.2) is 0 Å². The minimum absolute atomic E-state index is 0.0174. The summed E-state index contributed by atoms with van der Waals surface area (Å²) in [5, 5.41) is 3.10. The van der Waals surface area contributed by atoms with Crippen molar-refractivity contribution in [2.75, 3.05) is 21.3 Å². The van der Waals surface area contributed by atoms with Crippen molar-refractivity contribution in [2.45, 2.75) is 32.7 Å². The SMILES string of the molecule is CC[C@H](NC(=O)Cc1ccc(OC)c(C)c1)c1ccc(OC)c(OC)c1. The summed E-state index contributed by atoms with van der Waals surface area (Å²) in [5.41, 5.74) is 2.97. The second kappa shape index (κ2) is 9.13. The van der Waals surface area contributed by atoms with E-state index >= 15 is 0 Å². The second-order valence-electron chi connectivity index (χ2n) is 6.12. The van der Waals surface area contributed by atoms with Crippen LogP contribution in [-0.2, 0) is 11.2 Å². The molecule has 1 amide bonds. The van der Waals surface area contributed by atoms with E-state index in [4.69, 9.17) is 14.2 Å². The minimum Gasteiger partial charge on any atom is -0.496 e. The number of methoxy groups -OCH3 is 3. The molecule has 2 rings (SSSR count). The van der Waals surface area contributed by atoms with E-state index in [1.165, 1.54) is 0 Å². The molecule has 0 saturated heterocycles. The molecule has 0 spiro atoms. The summed E-state index contributed by atoms with van der Waals surface area (Å²) in [5.74, 6) is 2.14. The Morgan fingerprint density at radius 3 is 2.19 bits per heavy atom. The van der Waals surface area contributed by atoms with Crippen molar-refractivity contribution in [1.82, 2.24) is 5.32 Å². The topological polar surface area (TPSA) is 56.8 Å². The van der Waals surface area contributed by atoms with Crippen molar-refractivity contribution in [3.63, 3.8) is 0 Å². The van der Waals surface area contributed by atoms with Crippen LogP contribution in [0, 0.1) is 6.92 Å². The monoisotopic (exact) mass is 357 g/mol. The van der Waals surface area contributed by atoms with Crippen LogP contribution in [0.4, 0.5) is 0 Å². The van der Waals surface area contributed by atoms with Gasteiger partial charge in [0.15, 0.2) is 11.5 Å². The highest BCUT2D eigenvalue weighted by molar-refractivity contribution is 5.79. The lowest BCUT2D eigenvalue weighted by molar-refractivity contribution is -0.121. The Bertz CT molecular complexity index is 758. The third kappa shape index (κ3) is 4.69. The molecule has 0 fully saturated rings. The Kier molecular flexibility index (Phi) is 6.89. The van der Waals surface area contributed by atoms with Gasteiger partial charge in [0.2, 0.25) is 5.91 Å². The number of carbonyl (C=O) groups is 1. The van der Waals surface area contributed by atoms with Crippen LogP contribution < -0.4 is 19.5 Å². The number of rotatable bonds is 8. The van der Waals surface area contributed by atoms with Crippen LogP contribution in [0.3, 0.4) is 0 Å². The predicted octanol–water partition coefficient (Wildman–Crippen LogP) is 3.83. The maximum Gasteiger partial charge on any atom is 0.224 e. The summed E-state index contributed by atoms with van der Waals surface area (Å²) in [4.78, 5) is 12.5. The Morgan fingerprint density at radius 2 is 1.62 bits per heavy atom. The molecule has 0 aliphatic heterocycles. The molecule has 0 unspecified atom stereocenters. The van der Waals surface area contributed by atoms with Gasteiger partial charge in [-0.15, -0.1) is 0 Å². The van der Waals surface area contributed by atoms with Crippen LogP contribution in [0.25, 0.3) is 0 Å². The van der Waals surface area contributed by atoms with Crippen LogP contribution in [0.2, 0.25) is 0 Å². The maximum absolute atomic E-state index is 12.5. The zero-order valence-corrected chi connectivity index (χ0v) is 16.1. The number of carbonyl (C=O) groups excluding carboxylic acids is 1. The Balaban J connectivity index is 2.09. The maximum atomic E-state index is 12.5. The molecule has 1 N–H and O–H groups in total. The van der Waals surface area contributed by atoms with Crippen molar-refractivity contribution in [2.24, 2.45) is 0 Å². The standard InChI is InChI=1S/C21H27NO4/c1-6-17(16-8-10-19(25-4)20(13-16)26-5)22-21(23)12-15-7-9-18(24-3)14(2)11-15/h7-11,13,17H,6,12H2,1-5H3,(H,22,23)/t17-/m0/s1. The molecule has 0 aliphatic rings. The van der Waals surface area contributed by atoms with E-state index in [1.807, 2.05) is 50.2 Å². The summed E-state index contributed by atoms with van der Waals surface area (Å²) in [6, 6.07) is 11.4. The Labute approximate surface area is 155 Å². The number of amides is 1. The van der Waals surface area contributed by atoms with Crippen molar-refractivity contribution in [3.05, 3.63) is 53.1 Å². The molecule has 26 heavy (non-hydrogen) atoms. The lowest BCUT2D eigenvalue weighted by Crippen LogP contribution is -2.29. The summed E-state index contributed by atoms with van der Waals surface area (Å²) >= 11 is 0. The van der Waals surface area contributed by atoms with Gasteiger partial charge in [0.1, 0.15) is 5.75 Å². The summed E-state index contributed by atoms with van der Waals surface area (Å²) in [6.45, 7) is 4.01. The van der Waals surface area contributed by atoms with Gasteiger partial charge >= 0.3 is 0 Å². The van der Waals surface area contributed by atoms with Gasteiger partial charge in [0, 0.05) is 0 Å². The summed E-state index contributed by atoms with van der Waals surface area (Å²) in [7, 11) is 4.85. The van der Waals surface area contributed by atoms with E-state index < -0.39 is 0 Å². The molecule has 5 nitrogen and oxygen atoms in total. The zero-order valence-electron chi connectivity index (χ0n) is 16.1. The van der Waals surface area contributed by atoms with Crippen LogP contribution in [-0.4, -0.2) is 27.2 Å². The lowest BCUT2D eigenvalue weighted by atomic mass is 10.0. The number of aryl methyl sites for hydroxylation is 1. The van der Waals surface area contributed by atoms with Crippen molar-refractivity contribution < 1.29 is 19.0 Å². The third-order valence-corrected chi connectivity index (χ3v) is 4.38. The molecule has 0 aliphatic carbocycles. The third-order valence-electron chi connectivity index (χ3n) is 4.38. The molecule has 0 radical (unpaired) electrons. The van der Waals surface area contributed by atoms with Crippen LogP contribution in [0.5, 0.6) is 17.2 Å². The molecule has 5 heteroatoms. The molecule has 2 aromatic carbocycles. The fraction of sp³-hybridized carbons (Fsp3) is 0.381. The number of hydrogen-bond acceptors (Lipinski definition) is 4. The van der Waals surface area contributed by atoms with Gasteiger partial charge < -0.3 is 19.5 Å². The fourth-order valence-corrected chi connectivity index (χ4v) is 2.97. The molecule has 0 saturated carbocycles. The number of hydrogen-bond donors (Lipinski definition) is 1. The zero-order chi connectivity index (χ0) is 19.1. The molecule has 0 heterocycles. The summed E-state index contributed by atoms with van der Waals surface area (Å²) in [6.07, 6.45) is 1.11. The Hall–Kier alpha value is -2.69. The highest BCUT2D eigenvalue weighted by atomic mass is 16.5. The number of ether oxygens (including phenoxy) is 3. The molecular formula is C21H27NO4. The first-order chi connectivity index (χ1) is 12.5.